The minimum Gasteiger partial charge on any atom is -0.336 e. The summed E-state index contributed by atoms with van der Waals surface area (Å²) in [6, 6.07) is 1.88. The third-order valence-corrected chi connectivity index (χ3v) is 2.98. The molecule has 0 saturated carbocycles. The van der Waals surface area contributed by atoms with Crippen LogP contribution < -0.4 is 0 Å². The highest BCUT2D eigenvalue weighted by Crippen LogP contribution is 2.23. The molecule has 0 fully saturated rings. The maximum absolute atomic E-state index is 9.50. The summed E-state index contributed by atoms with van der Waals surface area (Å²) in [6.07, 6.45) is 5.40. The summed E-state index contributed by atoms with van der Waals surface area (Å²) >= 11 is 3.46. The smallest absolute Gasteiger partial charge is 0.179 e. The van der Waals surface area contributed by atoms with Gasteiger partial charge in [-0.3, -0.25) is 13.5 Å². The zero-order chi connectivity index (χ0) is 15.1. The Bertz CT molecular complexity index is 665. The predicted molar refractivity (Wildman–Crippen MR) is 77.9 cm³/mol. The summed E-state index contributed by atoms with van der Waals surface area (Å²) in [4.78, 5) is 11.8. The van der Waals surface area contributed by atoms with Crippen LogP contribution in [0.4, 0.5) is 8.78 Å². The van der Waals surface area contributed by atoms with Crippen molar-refractivity contribution in [1.82, 2.24) is 24.7 Å². The van der Waals surface area contributed by atoms with Crippen molar-refractivity contribution >= 4 is 27.1 Å². The van der Waals surface area contributed by atoms with Gasteiger partial charge >= 0.3 is 0 Å². The van der Waals surface area contributed by atoms with Crippen molar-refractivity contribution in [2.75, 3.05) is 14.4 Å². The van der Waals surface area contributed by atoms with Gasteiger partial charge in [-0.25, -0.2) is 9.97 Å². The van der Waals surface area contributed by atoms with E-state index in [9.17, 15) is 8.78 Å². The Hall–Kier alpha value is -1.83. The van der Waals surface area contributed by atoms with E-state index in [0.717, 1.165) is 21.4 Å². The minimum atomic E-state index is 0.500. The fourth-order valence-corrected chi connectivity index (χ4v) is 1.96. The summed E-state index contributed by atoms with van der Waals surface area (Å²) in [5.74, 6) is 0.780. The standard InChI is InChI=1S/C10H8BrN5.2CH3F/c1-16-5-6(4-13-16)9-14-8-7(11)2-3-12-10(8)15-9;2*1-2/h2-5H,1H3,(H,12,14,15);2*1H3. The van der Waals surface area contributed by atoms with Gasteiger partial charge in [0.25, 0.3) is 0 Å². The topological polar surface area (TPSA) is 59.4 Å². The molecule has 20 heavy (non-hydrogen) atoms. The number of nitrogens with zero attached hydrogens (tertiary/aromatic N) is 4. The first kappa shape index (κ1) is 16.2. The number of aromatic nitrogens is 5. The molecule has 5 nitrogen and oxygen atoms in total. The van der Waals surface area contributed by atoms with Crippen molar-refractivity contribution < 1.29 is 8.78 Å². The van der Waals surface area contributed by atoms with Crippen LogP contribution in [0.15, 0.2) is 29.1 Å². The van der Waals surface area contributed by atoms with E-state index < -0.39 is 0 Å². The molecule has 0 radical (unpaired) electrons. The molecule has 0 bridgehead atoms. The van der Waals surface area contributed by atoms with E-state index in [2.05, 4.69) is 36.0 Å². The molecule has 3 rings (SSSR count). The van der Waals surface area contributed by atoms with Crippen LogP contribution in [0.25, 0.3) is 22.6 Å². The zero-order valence-corrected chi connectivity index (χ0v) is 12.8. The van der Waals surface area contributed by atoms with Crippen LogP contribution in [0.5, 0.6) is 0 Å². The van der Waals surface area contributed by atoms with E-state index in [1.54, 1.807) is 17.1 Å². The Morgan fingerprint density at radius 2 is 1.95 bits per heavy atom. The lowest BCUT2D eigenvalue weighted by molar-refractivity contribution is 0.635. The molecular formula is C12H14BrF2N5. The SMILES string of the molecule is CF.CF.Cn1cc(-c2nc3nccc(Br)c3[nH]2)cn1. The number of halogens is 3. The van der Waals surface area contributed by atoms with E-state index in [4.69, 9.17) is 0 Å². The lowest BCUT2D eigenvalue weighted by Crippen LogP contribution is -1.84. The highest BCUT2D eigenvalue weighted by molar-refractivity contribution is 9.10. The number of imidazole rings is 1. The highest BCUT2D eigenvalue weighted by Gasteiger charge is 2.09. The lowest BCUT2D eigenvalue weighted by atomic mass is 10.3. The third-order valence-electron chi connectivity index (χ3n) is 2.32. The molecule has 8 heteroatoms. The Morgan fingerprint density at radius 3 is 2.50 bits per heavy atom. The van der Waals surface area contributed by atoms with E-state index in [0.29, 0.717) is 20.0 Å². The second-order valence-electron chi connectivity index (χ2n) is 3.48. The van der Waals surface area contributed by atoms with Gasteiger partial charge < -0.3 is 4.98 Å². The monoisotopic (exact) mass is 345 g/mol. The average Bonchev–Trinajstić information content (AvgIpc) is 3.10. The number of hydrogen-bond acceptors (Lipinski definition) is 3. The maximum Gasteiger partial charge on any atom is 0.179 e. The number of aromatic amines is 1. The lowest BCUT2D eigenvalue weighted by Gasteiger charge is -1.89. The van der Waals surface area contributed by atoms with E-state index in [-0.39, 0.29) is 0 Å². The second kappa shape index (κ2) is 7.68. The number of pyridine rings is 1. The largest absolute Gasteiger partial charge is 0.336 e. The molecule has 0 aliphatic carbocycles. The molecule has 108 valence electrons. The molecular weight excluding hydrogens is 332 g/mol. The molecule has 0 aromatic carbocycles. The van der Waals surface area contributed by atoms with Crippen molar-refractivity contribution in [2.24, 2.45) is 7.05 Å². The van der Waals surface area contributed by atoms with E-state index >= 15 is 0 Å². The molecule has 3 heterocycles. The van der Waals surface area contributed by atoms with Gasteiger partial charge in [-0.1, -0.05) is 0 Å². The molecule has 0 spiro atoms. The molecule has 0 unspecified atom stereocenters. The van der Waals surface area contributed by atoms with Gasteiger partial charge in [0.15, 0.2) is 5.65 Å². The van der Waals surface area contributed by atoms with E-state index in [1.165, 1.54) is 0 Å². The van der Waals surface area contributed by atoms with Crippen molar-refractivity contribution in [2.45, 2.75) is 0 Å². The minimum absolute atomic E-state index is 0.500. The predicted octanol–water partition coefficient (Wildman–Crippen LogP) is 3.29. The zero-order valence-electron chi connectivity index (χ0n) is 11.2. The normalized spacial score (nSPS) is 9.50. The average molecular weight is 346 g/mol. The summed E-state index contributed by atoms with van der Waals surface area (Å²) in [5, 5.41) is 4.11. The first-order valence-corrected chi connectivity index (χ1v) is 6.28. The molecule has 1 N–H and O–H groups in total. The van der Waals surface area contributed by atoms with Crippen LogP contribution in [-0.4, -0.2) is 39.1 Å². The Labute approximate surface area is 123 Å². The fourth-order valence-electron chi connectivity index (χ4n) is 1.56. The van der Waals surface area contributed by atoms with Crippen LogP contribution in [0.2, 0.25) is 0 Å². The molecule has 0 aliphatic rings. The van der Waals surface area contributed by atoms with Crippen LogP contribution in [0, 0.1) is 0 Å². The van der Waals surface area contributed by atoms with Gasteiger partial charge in [-0.05, 0) is 22.0 Å². The van der Waals surface area contributed by atoms with Crippen LogP contribution in [-0.2, 0) is 7.05 Å². The summed E-state index contributed by atoms with van der Waals surface area (Å²) in [6.45, 7) is 0. The van der Waals surface area contributed by atoms with Crippen LogP contribution in [0.3, 0.4) is 0 Å². The van der Waals surface area contributed by atoms with Crippen molar-refractivity contribution in [3.05, 3.63) is 29.1 Å². The first-order chi connectivity index (χ1) is 9.74. The number of alkyl halides is 2. The van der Waals surface area contributed by atoms with Gasteiger partial charge in [0.2, 0.25) is 0 Å². The van der Waals surface area contributed by atoms with Gasteiger partial charge in [0.05, 0.1) is 31.6 Å². The second-order valence-corrected chi connectivity index (χ2v) is 4.33. The molecule has 0 aliphatic heterocycles. The van der Waals surface area contributed by atoms with Gasteiger partial charge in [0.1, 0.15) is 5.82 Å². The molecule has 0 atom stereocenters. The molecule has 0 saturated heterocycles. The molecule has 3 aromatic heterocycles. The number of rotatable bonds is 1. The van der Waals surface area contributed by atoms with Crippen molar-refractivity contribution in [3.8, 4) is 11.4 Å². The Morgan fingerprint density at radius 1 is 1.25 bits per heavy atom. The number of nitrogens with one attached hydrogen (secondary N) is 1. The quantitative estimate of drug-likeness (QED) is 0.736. The fraction of sp³-hybridized carbons (Fsp3) is 0.250. The number of fused-ring (bicyclic) bond motifs is 1. The summed E-state index contributed by atoms with van der Waals surface area (Å²) < 4.78 is 21.7. The number of H-pyrrole nitrogens is 1. The van der Waals surface area contributed by atoms with Crippen LogP contribution in [0.1, 0.15) is 0 Å². The molecule has 3 aromatic rings. The van der Waals surface area contributed by atoms with Crippen LogP contribution >= 0.6 is 15.9 Å². The first-order valence-electron chi connectivity index (χ1n) is 5.49. The summed E-state index contributed by atoms with van der Waals surface area (Å²) in [5.41, 5.74) is 2.56. The molecule has 0 amide bonds. The maximum atomic E-state index is 9.50. The number of hydrogen-bond donors (Lipinski definition) is 1. The van der Waals surface area contributed by atoms with Gasteiger partial charge in [-0.2, -0.15) is 5.10 Å². The van der Waals surface area contributed by atoms with Gasteiger partial charge in [0, 0.05) is 23.9 Å². The van der Waals surface area contributed by atoms with Crippen molar-refractivity contribution in [1.29, 1.82) is 0 Å². The van der Waals surface area contributed by atoms with E-state index in [1.807, 2.05) is 19.3 Å². The van der Waals surface area contributed by atoms with Gasteiger partial charge in [-0.15, -0.1) is 0 Å². The summed E-state index contributed by atoms with van der Waals surface area (Å²) in [7, 11) is 2.88. The Kier molecular flexibility index (Phi) is 6.23. The Balaban J connectivity index is 0.000000461. The van der Waals surface area contributed by atoms with Crippen molar-refractivity contribution in [3.63, 3.8) is 0 Å². The third kappa shape index (κ3) is 3.38. The number of aryl methyl sites for hydroxylation is 1. The highest BCUT2D eigenvalue weighted by atomic mass is 79.9.